The first-order valence-corrected chi connectivity index (χ1v) is 9.04. The van der Waals surface area contributed by atoms with E-state index in [1.807, 2.05) is 42.6 Å². The van der Waals surface area contributed by atoms with Crippen LogP contribution in [0.3, 0.4) is 0 Å². The first-order valence-electron chi connectivity index (χ1n) is 7.78. The smallest absolute Gasteiger partial charge is 0.274 e. The zero-order valence-electron chi connectivity index (χ0n) is 13.8. The summed E-state index contributed by atoms with van der Waals surface area (Å²) in [4.78, 5) is 19.1. The van der Waals surface area contributed by atoms with Gasteiger partial charge in [-0.05, 0) is 44.2 Å². The topological polar surface area (TPSA) is 42.4 Å². The molecule has 1 unspecified atom stereocenters. The van der Waals surface area contributed by atoms with Crippen molar-refractivity contribution in [2.45, 2.75) is 20.0 Å². The summed E-state index contributed by atoms with van der Waals surface area (Å²) in [6, 6.07) is 16.4. The molecule has 1 heterocycles. The van der Waals surface area contributed by atoms with Gasteiger partial charge in [0.25, 0.3) is 5.91 Å². The summed E-state index contributed by atoms with van der Waals surface area (Å²) >= 11 is 7.41. The van der Waals surface area contributed by atoms with Crippen LogP contribution in [-0.2, 0) is 4.79 Å². The van der Waals surface area contributed by atoms with E-state index in [1.54, 1.807) is 36.1 Å². The maximum atomic E-state index is 13.1. The van der Waals surface area contributed by atoms with Gasteiger partial charge >= 0.3 is 0 Å². The monoisotopic (exact) mass is 372 g/mol. The molecule has 3 aromatic rings. The molecule has 4 nitrogen and oxygen atoms in total. The Hall–Kier alpha value is -2.37. The van der Waals surface area contributed by atoms with E-state index in [1.165, 1.54) is 11.3 Å². The Morgan fingerprint density at radius 3 is 2.60 bits per heavy atom. The lowest BCUT2D eigenvalue weighted by Crippen LogP contribution is -2.37. The van der Waals surface area contributed by atoms with Crippen LogP contribution >= 0.6 is 22.9 Å². The highest BCUT2D eigenvalue weighted by Crippen LogP contribution is 2.30. The fraction of sp³-hybridized carbons (Fsp3) is 0.158. The van der Waals surface area contributed by atoms with Crippen molar-refractivity contribution in [1.29, 1.82) is 0 Å². The van der Waals surface area contributed by atoms with Crippen LogP contribution in [0.5, 0.6) is 5.75 Å². The number of ether oxygens (including phenoxy) is 1. The summed E-state index contributed by atoms with van der Waals surface area (Å²) in [7, 11) is 0. The fourth-order valence-corrected chi connectivity index (χ4v) is 3.34. The van der Waals surface area contributed by atoms with Crippen LogP contribution in [0.2, 0.25) is 5.02 Å². The number of aryl methyl sites for hydroxylation is 1. The number of para-hydroxylation sites is 1. The van der Waals surface area contributed by atoms with Gasteiger partial charge in [0, 0.05) is 10.4 Å². The van der Waals surface area contributed by atoms with Crippen molar-refractivity contribution in [2.24, 2.45) is 0 Å². The summed E-state index contributed by atoms with van der Waals surface area (Å²) in [5.74, 6) is 0.359. The van der Waals surface area contributed by atoms with Gasteiger partial charge in [-0.2, -0.15) is 0 Å². The van der Waals surface area contributed by atoms with Crippen LogP contribution < -0.4 is 9.64 Å². The third kappa shape index (κ3) is 4.18. The maximum absolute atomic E-state index is 13.1. The molecule has 128 valence electrons. The summed E-state index contributed by atoms with van der Waals surface area (Å²) < 4.78 is 5.79. The number of hydrogen-bond donors (Lipinski definition) is 0. The normalized spacial score (nSPS) is 11.8. The molecule has 3 rings (SSSR count). The molecule has 6 heteroatoms. The number of rotatable bonds is 5. The highest BCUT2D eigenvalue weighted by atomic mass is 35.5. The van der Waals surface area contributed by atoms with Gasteiger partial charge in [0.05, 0.1) is 11.4 Å². The lowest BCUT2D eigenvalue weighted by atomic mass is 10.2. The molecule has 0 bridgehead atoms. The van der Waals surface area contributed by atoms with Crippen molar-refractivity contribution in [3.63, 3.8) is 0 Å². The van der Waals surface area contributed by atoms with Crippen LogP contribution in [0.4, 0.5) is 10.8 Å². The summed E-state index contributed by atoms with van der Waals surface area (Å²) in [6.07, 6.45) is -0.692. The molecule has 2 aromatic carbocycles. The minimum Gasteiger partial charge on any atom is -0.481 e. The van der Waals surface area contributed by atoms with Gasteiger partial charge in [-0.25, -0.2) is 4.98 Å². The number of carbonyl (C=O) groups is 1. The van der Waals surface area contributed by atoms with Gasteiger partial charge in [0.2, 0.25) is 0 Å². The molecule has 1 aromatic heterocycles. The van der Waals surface area contributed by atoms with E-state index < -0.39 is 6.10 Å². The van der Waals surface area contributed by atoms with Crippen molar-refractivity contribution in [3.05, 3.63) is 70.7 Å². The summed E-state index contributed by atoms with van der Waals surface area (Å²) in [6.45, 7) is 3.62. The maximum Gasteiger partial charge on any atom is 0.274 e. The third-order valence-electron chi connectivity index (χ3n) is 3.49. The molecule has 0 aliphatic heterocycles. The molecule has 0 aliphatic rings. The van der Waals surface area contributed by atoms with Crippen molar-refractivity contribution in [1.82, 2.24) is 4.98 Å². The highest BCUT2D eigenvalue weighted by molar-refractivity contribution is 7.14. The highest BCUT2D eigenvalue weighted by Gasteiger charge is 2.27. The Morgan fingerprint density at radius 2 is 1.96 bits per heavy atom. The van der Waals surface area contributed by atoms with E-state index in [0.717, 1.165) is 11.4 Å². The average molecular weight is 373 g/mol. The van der Waals surface area contributed by atoms with E-state index in [0.29, 0.717) is 15.9 Å². The van der Waals surface area contributed by atoms with Gasteiger partial charge in [0.1, 0.15) is 5.75 Å². The quantitative estimate of drug-likeness (QED) is 0.615. The van der Waals surface area contributed by atoms with Crippen LogP contribution in [0.25, 0.3) is 0 Å². The Kier molecular flexibility index (Phi) is 5.36. The fourth-order valence-electron chi connectivity index (χ4n) is 2.33. The van der Waals surface area contributed by atoms with Crippen LogP contribution in [-0.4, -0.2) is 17.0 Å². The number of benzene rings is 2. The van der Waals surface area contributed by atoms with E-state index in [9.17, 15) is 4.79 Å². The van der Waals surface area contributed by atoms with E-state index in [4.69, 9.17) is 16.3 Å². The molecule has 1 atom stereocenters. The second kappa shape index (κ2) is 7.68. The van der Waals surface area contributed by atoms with Crippen LogP contribution in [0.1, 0.15) is 12.6 Å². The number of carbonyl (C=O) groups excluding carboxylic acids is 1. The second-order valence-electron chi connectivity index (χ2n) is 5.50. The van der Waals surface area contributed by atoms with Crippen molar-refractivity contribution in [3.8, 4) is 5.75 Å². The zero-order valence-corrected chi connectivity index (χ0v) is 15.4. The van der Waals surface area contributed by atoms with Crippen molar-refractivity contribution < 1.29 is 9.53 Å². The second-order valence-corrected chi connectivity index (χ2v) is 6.77. The van der Waals surface area contributed by atoms with Gasteiger partial charge in [-0.3, -0.25) is 9.69 Å². The molecular formula is C19H17ClN2O2S. The van der Waals surface area contributed by atoms with Gasteiger partial charge in [-0.15, -0.1) is 11.3 Å². The molecule has 0 N–H and O–H groups in total. The van der Waals surface area contributed by atoms with Gasteiger partial charge < -0.3 is 4.74 Å². The molecule has 0 spiro atoms. The molecule has 25 heavy (non-hydrogen) atoms. The number of hydrogen-bond acceptors (Lipinski definition) is 4. The molecule has 0 saturated heterocycles. The predicted molar refractivity (Wildman–Crippen MR) is 102 cm³/mol. The third-order valence-corrected chi connectivity index (χ3v) is 4.67. The SMILES string of the molecule is Cc1csc(N(C(=O)C(C)Oc2cccc(Cl)c2)c2ccccc2)n1. The molecule has 0 radical (unpaired) electrons. The Labute approximate surface area is 155 Å². The first kappa shape index (κ1) is 17.5. The van der Waals surface area contributed by atoms with Crippen molar-refractivity contribution >= 4 is 39.7 Å². The van der Waals surface area contributed by atoms with E-state index in [-0.39, 0.29) is 5.91 Å². The molecular weight excluding hydrogens is 356 g/mol. The largest absolute Gasteiger partial charge is 0.481 e. The van der Waals surface area contributed by atoms with Gasteiger partial charge in [-0.1, -0.05) is 35.9 Å². The van der Waals surface area contributed by atoms with Crippen molar-refractivity contribution in [2.75, 3.05) is 4.90 Å². The Bertz CT molecular complexity index is 867. The van der Waals surface area contributed by atoms with Crippen LogP contribution in [0, 0.1) is 6.92 Å². The number of aromatic nitrogens is 1. The average Bonchev–Trinajstić information content (AvgIpc) is 3.02. The number of nitrogens with zero attached hydrogens (tertiary/aromatic N) is 2. The first-order chi connectivity index (χ1) is 12.0. The molecule has 0 fully saturated rings. The minimum atomic E-state index is -0.692. The summed E-state index contributed by atoms with van der Waals surface area (Å²) in [5, 5.41) is 3.10. The molecule has 1 amide bonds. The number of amides is 1. The van der Waals surface area contributed by atoms with E-state index in [2.05, 4.69) is 4.98 Å². The molecule has 0 aliphatic carbocycles. The number of thiazole rings is 1. The van der Waals surface area contributed by atoms with Crippen LogP contribution in [0.15, 0.2) is 60.0 Å². The molecule has 0 saturated carbocycles. The Morgan fingerprint density at radius 1 is 1.20 bits per heavy atom. The van der Waals surface area contributed by atoms with E-state index >= 15 is 0 Å². The predicted octanol–water partition coefficient (Wildman–Crippen LogP) is 5.24. The lowest BCUT2D eigenvalue weighted by Gasteiger charge is -2.24. The zero-order chi connectivity index (χ0) is 17.8. The Balaban J connectivity index is 1.88. The minimum absolute atomic E-state index is 0.194. The van der Waals surface area contributed by atoms with Gasteiger partial charge in [0.15, 0.2) is 11.2 Å². The lowest BCUT2D eigenvalue weighted by molar-refractivity contribution is -0.123. The number of anilines is 2. The standard InChI is InChI=1S/C19H17ClN2O2S/c1-13-12-25-19(21-13)22(16-8-4-3-5-9-16)18(23)14(2)24-17-10-6-7-15(20)11-17/h3-12,14H,1-2H3. The number of halogens is 1. The summed E-state index contributed by atoms with van der Waals surface area (Å²) in [5.41, 5.74) is 1.63.